The average Bonchev–Trinajstić information content (AvgIpc) is 2.43. The van der Waals surface area contributed by atoms with Crippen LogP contribution in [-0.2, 0) is 10.0 Å². The highest BCUT2D eigenvalue weighted by Crippen LogP contribution is 2.16. The molecule has 0 aromatic heterocycles. The van der Waals surface area contributed by atoms with Crippen LogP contribution < -0.4 is 0 Å². The monoisotopic (exact) mass is 298 g/mol. The maximum Gasteiger partial charge on any atom is 0.242 e. The van der Waals surface area contributed by atoms with Crippen LogP contribution in [0.3, 0.4) is 0 Å². The summed E-state index contributed by atoms with van der Waals surface area (Å²) in [5, 5.41) is 0. The summed E-state index contributed by atoms with van der Waals surface area (Å²) in [7, 11) is 1.78. The number of hydrogen-bond acceptors (Lipinski definition) is 4. The highest BCUT2D eigenvalue weighted by Gasteiger charge is 2.21. The van der Waals surface area contributed by atoms with E-state index in [1.807, 2.05) is 19.0 Å². The molecule has 0 saturated carbocycles. The zero-order valence-electron chi connectivity index (χ0n) is 12.5. The van der Waals surface area contributed by atoms with Gasteiger partial charge in [-0.15, -0.1) is 0 Å². The van der Waals surface area contributed by atoms with Gasteiger partial charge in [-0.05, 0) is 26.2 Å². The first-order chi connectivity index (χ1) is 9.28. The Morgan fingerprint density at radius 1 is 1.15 bits per heavy atom. The molecule has 0 aliphatic carbocycles. The van der Waals surface area contributed by atoms with Crippen LogP contribution >= 0.6 is 0 Å². The molecule has 0 unspecified atom stereocenters. The van der Waals surface area contributed by atoms with Crippen molar-refractivity contribution in [3.8, 4) is 0 Å². The molecule has 0 aliphatic rings. The summed E-state index contributed by atoms with van der Waals surface area (Å²) in [6.07, 6.45) is 0.361. The van der Waals surface area contributed by atoms with Crippen molar-refractivity contribution < 1.29 is 13.2 Å². The molecule has 0 fully saturated rings. The van der Waals surface area contributed by atoms with Crippen molar-refractivity contribution >= 4 is 15.8 Å². The molecule has 112 valence electrons. The second-order valence-electron chi connectivity index (χ2n) is 4.93. The van der Waals surface area contributed by atoms with Gasteiger partial charge in [-0.3, -0.25) is 4.79 Å². The first kappa shape index (κ1) is 16.8. The Bertz CT molecular complexity index is 568. The number of rotatable bonds is 7. The maximum absolute atomic E-state index is 12.4. The SMILES string of the molecule is CCC(=O)c1cccc(S(=O)(=O)N(C)CCN(C)C)c1. The van der Waals surface area contributed by atoms with E-state index in [2.05, 4.69) is 0 Å². The van der Waals surface area contributed by atoms with Gasteiger partial charge < -0.3 is 4.90 Å². The minimum absolute atomic E-state index is 0.0574. The first-order valence-electron chi connectivity index (χ1n) is 6.53. The average molecular weight is 298 g/mol. The van der Waals surface area contributed by atoms with Crippen LogP contribution in [0.4, 0.5) is 0 Å². The Labute approximate surface area is 121 Å². The van der Waals surface area contributed by atoms with E-state index in [0.717, 1.165) is 0 Å². The smallest absolute Gasteiger partial charge is 0.242 e. The molecule has 0 radical (unpaired) electrons. The van der Waals surface area contributed by atoms with Gasteiger partial charge in [-0.1, -0.05) is 19.1 Å². The summed E-state index contributed by atoms with van der Waals surface area (Å²) >= 11 is 0. The molecule has 0 aliphatic heterocycles. The molecular formula is C14H22N2O3S. The summed E-state index contributed by atoms with van der Waals surface area (Å²) in [6.45, 7) is 2.80. The van der Waals surface area contributed by atoms with E-state index >= 15 is 0 Å². The number of likely N-dealkylation sites (N-methyl/N-ethyl adjacent to an activating group) is 2. The predicted octanol–water partition coefficient (Wildman–Crippen LogP) is 1.46. The zero-order valence-corrected chi connectivity index (χ0v) is 13.3. The van der Waals surface area contributed by atoms with Crippen molar-refractivity contribution in [2.75, 3.05) is 34.2 Å². The van der Waals surface area contributed by atoms with Crippen LogP contribution in [0.2, 0.25) is 0 Å². The molecule has 0 heterocycles. The lowest BCUT2D eigenvalue weighted by Gasteiger charge is -2.19. The van der Waals surface area contributed by atoms with Gasteiger partial charge in [-0.2, -0.15) is 4.31 Å². The molecule has 1 aromatic carbocycles. The van der Waals surface area contributed by atoms with Gasteiger partial charge in [0, 0.05) is 32.1 Å². The van der Waals surface area contributed by atoms with Crippen LogP contribution in [-0.4, -0.2) is 57.6 Å². The van der Waals surface area contributed by atoms with Crippen LogP contribution in [0.5, 0.6) is 0 Å². The van der Waals surface area contributed by atoms with Gasteiger partial charge in [0.25, 0.3) is 0 Å². The normalized spacial score (nSPS) is 12.1. The number of carbonyl (C=O) groups is 1. The van der Waals surface area contributed by atoms with Crippen LogP contribution in [0.15, 0.2) is 29.2 Å². The molecular weight excluding hydrogens is 276 g/mol. The standard InChI is InChI=1S/C14H22N2O3S/c1-5-14(17)12-7-6-8-13(11-12)20(18,19)16(4)10-9-15(2)3/h6-8,11H,5,9-10H2,1-4H3. The van der Waals surface area contributed by atoms with E-state index in [4.69, 9.17) is 0 Å². The molecule has 1 rings (SSSR count). The maximum atomic E-state index is 12.4. The fourth-order valence-corrected chi connectivity index (χ4v) is 2.88. The third-order valence-electron chi connectivity index (χ3n) is 3.05. The van der Waals surface area contributed by atoms with Crippen molar-refractivity contribution in [3.63, 3.8) is 0 Å². The summed E-state index contributed by atoms with van der Waals surface area (Å²) in [4.78, 5) is 13.7. The molecule has 6 heteroatoms. The first-order valence-corrected chi connectivity index (χ1v) is 7.97. The molecule has 0 spiro atoms. The zero-order chi connectivity index (χ0) is 15.3. The Morgan fingerprint density at radius 2 is 1.80 bits per heavy atom. The summed E-state index contributed by atoms with van der Waals surface area (Å²) in [5.41, 5.74) is 0.439. The Kier molecular flexibility index (Phi) is 5.86. The van der Waals surface area contributed by atoms with E-state index < -0.39 is 10.0 Å². The molecule has 5 nitrogen and oxygen atoms in total. The minimum Gasteiger partial charge on any atom is -0.308 e. The fourth-order valence-electron chi connectivity index (χ4n) is 1.68. The second kappa shape index (κ2) is 6.97. The predicted molar refractivity (Wildman–Crippen MR) is 79.4 cm³/mol. The van der Waals surface area contributed by atoms with Crippen molar-refractivity contribution in [1.82, 2.24) is 9.21 Å². The number of Topliss-reactive ketones (excluding diaryl/α,β-unsaturated/α-hetero) is 1. The van der Waals surface area contributed by atoms with Gasteiger partial charge in [0.2, 0.25) is 10.0 Å². The lowest BCUT2D eigenvalue weighted by atomic mass is 10.1. The molecule has 0 bridgehead atoms. The Balaban J connectivity index is 3.00. The van der Waals surface area contributed by atoms with Crippen molar-refractivity contribution in [1.29, 1.82) is 0 Å². The second-order valence-corrected chi connectivity index (χ2v) is 6.98. The largest absolute Gasteiger partial charge is 0.308 e. The molecule has 0 saturated heterocycles. The third-order valence-corrected chi connectivity index (χ3v) is 4.90. The van der Waals surface area contributed by atoms with Gasteiger partial charge in [0.1, 0.15) is 0 Å². The number of benzene rings is 1. The summed E-state index contributed by atoms with van der Waals surface area (Å²) < 4.78 is 26.1. The fraction of sp³-hybridized carbons (Fsp3) is 0.500. The quantitative estimate of drug-likeness (QED) is 0.715. The highest BCUT2D eigenvalue weighted by molar-refractivity contribution is 7.89. The van der Waals surface area contributed by atoms with Gasteiger partial charge in [0.15, 0.2) is 5.78 Å². The van der Waals surface area contributed by atoms with E-state index in [1.165, 1.54) is 16.4 Å². The van der Waals surface area contributed by atoms with Crippen molar-refractivity contribution in [3.05, 3.63) is 29.8 Å². The minimum atomic E-state index is -3.54. The van der Waals surface area contributed by atoms with E-state index in [1.54, 1.807) is 26.1 Å². The van der Waals surface area contributed by atoms with Crippen LogP contribution in [0.25, 0.3) is 0 Å². The van der Waals surface area contributed by atoms with E-state index in [9.17, 15) is 13.2 Å². The Hall–Kier alpha value is -1.24. The third kappa shape index (κ3) is 4.13. The van der Waals surface area contributed by atoms with Gasteiger partial charge in [-0.25, -0.2) is 8.42 Å². The van der Waals surface area contributed by atoms with Crippen LogP contribution in [0.1, 0.15) is 23.7 Å². The summed E-state index contributed by atoms with van der Waals surface area (Å²) in [6, 6.07) is 6.22. The summed E-state index contributed by atoms with van der Waals surface area (Å²) in [5.74, 6) is -0.0574. The number of carbonyl (C=O) groups excluding carboxylic acids is 1. The van der Waals surface area contributed by atoms with Crippen LogP contribution in [0, 0.1) is 0 Å². The Morgan fingerprint density at radius 3 is 2.35 bits per heavy atom. The topological polar surface area (TPSA) is 57.7 Å². The van der Waals surface area contributed by atoms with E-state index in [-0.39, 0.29) is 10.7 Å². The molecule has 0 amide bonds. The van der Waals surface area contributed by atoms with Crippen molar-refractivity contribution in [2.45, 2.75) is 18.2 Å². The van der Waals surface area contributed by atoms with E-state index in [0.29, 0.717) is 25.1 Å². The molecule has 0 atom stereocenters. The lowest BCUT2D eigenvalue weighted by Crippen LogP contribution is -2.33. The molecule has 20 heavy (non-hydrogen) atoms. The lowest BCUT2D eigenvalue weighted by molar-refractivity contribution is 0.0988. The number of ketones is 1. The number of nitrogens with zero attached hydrogens (tertiary/aromatic N) is 2. The van der Waals surface area contributed by atoms with Crippen molar-refractivity contribution in [2.24, 2.45) is 0 Å². The molecule has 1 aromatic rings. The van der Waals surface area contributed by atoms with Gasteiger partial charge in [0.05, 0.1) is 4.90 Å². The number of hydrogen-bond donors (Lipinski definition) is 0. The molecule has 0 N–H and O–H groups in total. The van der Waals surface area contributed by atoms with Gasteiger partial charge >= 0.3 is 0 Å². The highest BCUT2D eigenvalue weighted by atomic mass is 32.2. The number of sulfonamides is 1.